The summed E-state index contributed by atoms with van der Waals surface area (Å²) in [5.74, 6) is -4.56. The zero-order valence-corrected chi connectivity index (χ0v) is 12.3. The van der Waals surface area contributed by atoms with Crippen LogP contribution in [0.5, 0.6) is 11.5 Å². The van der Waals surface area contributed by atoms with Crippen LogP contribution in [-0.2, 0) is 0 Å². The summed E-state index contributed by atoms with van der Waals surface area (Å²) in [4.78, 5) is 10.9. The third-order valence-corrected chi connectivity index (χ3v) is 4.26. The molecule has 24 heavy (non-hydrogen) atoms. The van der Waals surface area contributed by atoms with Crippen LogP contribution in [0.4, 0.5) is 26.3 Å². The number of hydrogen-bond acceptors (Lipinski definition) is 3. The SMILES string of the molecule is O=C1c2ccc(Oc3cc(F)cc(F)c3)c(C(F)F)c2SC1(F)F. The highest BCUT2D eigenvalue weighted by Crippen LogP contribution is 2.52. The zero-order chi connectivity index (χ0) is 17.6. The molecule has 0 N–H and O–H groups in total. The number of alkyl halides is 4. The van der Waals surface area contributed by atoms with Crippen molar-refractivity contribution in [3.63, 3.8) is 0 Å². The molecule has 0 radical (unpaired) electrons. The first-order chi connectivity index (χ1) is 11.2. The molecule has 0 spiro atoms. The first-order valence-electron chi connectivity index (χ1n) is 6.39. The summed E-state index contributed by atoms with van der Waals surface area (Å²) in [6.07, 6.45) is -3.23. The van der Waals surface area contributed by atoms with Crippen molar-refractivity contribution < 1.29 is 35.9 Å². The van der Waals surface area contributed by atoms with Gasteiger partial charge in [0.25, 0.3) is 6.43 Å². The minimum atomic E-state index is -3.85. The molecule has 0 aromatic heterocycles. The number of carbonyl (C=O) groups is 1. The second-order valence-electron chi connectivity index (χ2n) is 4.81. The van der Waals surface area contributed by atoms with E-state index >= 15 is 0 Å². The molecule has 0 amide bonds. The molecule has 0 aliphatic carbocycles. The molecule has 0 fully saturated rings. The largest absolute Gasteiger partial charge is 0.457 e. The summed E-state index contributed by atoms with van der Waals surface area (Å²) < 4.78 is 84.9. The van der Waals surface area contributed by atoms with Crippen LogP contribution >= 0.6 is 11.8 Å². The van der Waals surface area contributed by atoms with Gasteiger partial charge in [-0.1, -0.05) is 0 Å². The van der Waals surface area contributed by atoms with E-state index < -0.39 is 56.6 Å². The molecule has 1 heterocycles. The molecule has 2 aromatic rings. The fourth-order valence-corrected chi connectivity index (χ4v) is 3.24. The van der Waals surface area contributed by atoms with Gasteiger partial charge >= 0.3 is 5.25 Å². The first-order valence-corrected chi connectivity index (χ1v) is 7.21. The monoisotopic (exact) mass is 364 g/mol. The molecule has 1 aliphatic rings. The number of thioether (sulfide) groups is 1. The molecule has 2 nitrogen and oxygen atoms in total. The van der Waals surface area contributed by atoms with Crippen LogP contribution in [0.15, 0.2) is 35.2 Å². The molecule has 0 bridgehead atoms. The van der Waals surface area contributed by atoms with E-state index in [0.29, 0.717) is 6.07 Å². The van der Waals surface area contributed by atoms with E-state index in [1.54, 1.807) is 0 Å². The number of halogens is 6. The Hall–Kier alpha value is -2.16. The van der Waals surface area contributed by atoms with E-state index in [-0.39, 0.29) is 11.8 Å². The van der Waals surface area contributed by atoms with Gasteiger partial charge in [-0.05, 0) is 23.9 Å². The lowest BCUT2D eigenvalue weighted by atomic mass is 10.1. The van der Waals surface area contributed by atoms with Crippen LogP contribution < -0.4 is 4.74 Å². The second-order valence-corrected chi connectivity index (χ2v) is 5.94. The maximum Gasteiger partial charge on any atom is 0.360 e. The summed E-state index contributed by atoms with van der Waals surface area (Å²) in [7, 11) is 0. The number of ether oxygens (including phenoxy) is 1. The van der Waals surface area contributed by atoms with Gasteiger partial charge in [0.05, 0.1) is 5.56 Å². The highest BCUT2D eigenvalue weighted by atomic mass is 32.2. The lowest BCUT2D eigenvalue weighted by Crippen LogP contribution is -2.18. The van der Waals surface area contributed by atoms with Crippen molar-refractivity contribution in [2.24, 2.45) is 0 Å². The van der Waals surface area contributed by atoms with Gasteiger partial charge in [0.2, 0.25) is 5.78 Å². The highest BCUT2D eigenvalue weighted by Gasteiger charge is 2.50. The van der Waals surface area contributed by atoms with Crippen LogP contribution in [0.3, 0.4) is 0 Å². The summed E-state index contributed by atoms with van der Waals surface area (Å²) >= 11 is -0.304. The lowest BCUT2D eigenvalue weighted by Gasteiger charge is -2.14. The minimum Gasteiger partial charge on any atom is -0.457 e. The van der Waals surface area contributed by atoms with Crippen molar-refractivity contribution in [3.05, 3.63) is 53.1 Å². The van der Waals surface area contributed by atoms with Crippen molar-refractivity contribution in [2.45, 2.75) is 16.6 Å². The maximum atomic E-state index is 13.5. The fourth-order valence-electron chi connectivity index (χ4n) is 2.21. The van der Waals surface area contributed by atoms with Crippen molar-refractivity contribution >= 4 is 17.5 Å². The molecule has 0 unspecified atom stereocenters. The van der Waals surface area contributed by atoms with Crippen LogP contribution in [0, 0.1) is 11.6 Å². The molecule has 2 aromatic carbocycles. The van der Waals surface area contributed by atoms with E-state index in [2.05, 4.69) is 0 Å². The molecule has 0 saturated carbocycles. The van der Waals surface area contributed by atoms with E-state index in [9.17, 15) is 31.1 Å². The van der Waals surface area contributed by atoms with Gasteiger partial charge in [0, 0.05) is 28.7 Å². The summed E-state index contributed by atoms with van der Waals surface area (Å²) in [5.41, 5.74) is -1.47. The Labute approximate surface area is 135 Å². The van der Waals surface area contributed by atoms with E-state index in [1.165, 1.54) is 0 Å². The van der Waals surface area contributed by atoms with Gasteiger partial charge in [-0.25, -0.2) is 17.6 Å². The van der Waals surface area contributed by atoms with E-state index in [0.717, 1.165) is 24.3 Å². The molecule has 9 heteroatoms. The molecule has 126 valence electrons. The number of ketones is 1. The number of fused-ring (bicyclic) bond motifs is 1. The number of rotatable bonds is 3. The van der Waals surface area contributed by atoms with Crippen LogP contribution in [0.25, 0.3) is 0 Å². The number of hydrogen-bond donors (Lipinski definition) is 0. The quantitative estimate of drug-likeness (QED) is 0.666. The van der Waals surface area contributed by atoms with Gasteiger partial charge < -0.3 is 4.74 Å². The summed E-state index contributed by atoms with van der Waals surface area (Å²) in [6.45, 7) is 0. The first kappa shape index (κ1) is 16.7. The number of Topliss-reactive ketones (excluding diaryl/α,β-unsaturated/α-hetero) is 1. The van der Waals surface area contributed by atoms with Crippen molar-refractivity contribution in [1.29, 1.82) is 0 Å². The predicted molar refractivity (Wildman–Crippen MR) is 73.0 cm³/mol. The van der Waals surface area contributed by atoms with E-state index in [4.69, 9.17) is 4.74 Å². The van der Waals surface area contributed by atoms with Crippen molar-refractivity contribution in [1.82, 2.24) is 0 Å². The van der Waals surface area contributed by atoms with Gasteiger partial charge in [-0.3, -0.25) is 4.79 Å². The van der Waals surface area contributed by atoms with E-state index in [1.807, 2.05) is 0 Å². The topological polar surface area (TPSA) is 26.3 Å². The fraction of sp³-hybridized carbons (Fsp3) is 0.133. The Balaban J connectivity index is 2.09. The van der Waals surface area contributed by atoms with Crippen molar-refractivity contribution in [3.8, 4) is 11.5 Å². The van der Waals surface area contributed by atoms with Gasteiger partial charge in [-0.15, -0.1) is 0 Å². The van der Waals surface area contributed by atoms with Crippen molar-refractivity contribution in [2.75, 3.05) is 0 Å². The third-order valence-electron chi connectivity index (χ3n) is 3.18. The third kappa shape index (κ3) is 2.83. The molecular weight excluding hydrogens is 358 g/mol. The number of benzene rings is 2. The Morgan fingerprint density at radius 2 is 1.67 bits per heavy atom. The Bertz CT molecular complexity index is 817. The molecule has 0 saturated heterocycles. The molecule has 3 rings (SSSR count). The lowest BCUT2D eigenvalue weighted by molar-refractivity contribution is 0.0582. The second kappa shape index (κ2) is 5.73. The smallest absolute Gasteiger partial charge is 0.360 e. The minimum absolute atomic E-state index is 0.304. The standard InChI is InChI=1S/C15H6F6O2S/c16-6-3-7(17)5-8(4-6)23-10-2-1-9-12(11(10)14(18)19)24-15(20,21)13(9)22/h1-5,14H. The molecule has 0 atom stereocenters. The molecular formula is C15H6F6O2S. The average molecular weight is 364 g/mol. The Morgan fingerprint density at radius 1 is 1.04 bits per heavy atom. The van der Waals surface area contributed by atoms with Crippen LogP contribution in [-0.4, -0.2) is 11.0 Å². The van der Waals surface area contributed by atoms with Gasteiger partial charge in [0.15, 0.2) is 0 Å². The zero-order valence-electron chi connectivity index (χ0n) is 11.5. The van der Waals surface area contributed by atoms with Crippen LogP contribution in [0.1, 0.15) is 22.3 Å². The predicted octanol–water partition coefficient (Wildman–Crippen LogP) is 5.58. The average Bonchev–Trinajstić information content (AvgIpc) is 2.67. The van der Waals surface area contributed by atoms with Crippen LogP contribution in [0.2, 0.25) is 0 Å². The summed E-state index contributed by atoms with van der Waals surface area (Å²) in [6, 6.07) is 3.86. The number of carbonyl (C=O) groups excluding carboxylic acids is 1. The normalized spacial score (nSPS) is 15.7. The van der Waals surface area contributed by atoms with Gasteiger partial charge in [-0.2, -0.15) is 8.78 Å². The molecule has 1 aliphatic heterocycles. The Kier molecular flexibility index (Phi) is 3.98. The summed E-state index contributed by atoms with van der Waals surface area (Å²) in [5, 5.41) is -3.85. The Morgan fingerprint density at radius 3 is 2.25 bits per heavy atom. The van der Waals surface area contributed by atoms with Gasteiger partial charge in [0.1, 0.15) is 23.1 Å². The highest BCUT2D eigenvalue weighted by molar-refractivity contribution is 8.01. The maximum absolute atomic E-state index is 13.5.